The Hall–Kier alpha value is -0.230. The fraction of sp³-hybridized carbons (Fsp3) is 0.0909. The Kier molecular flexibility index (Phi) is 3.79. The third kappa shape index (κ3) is 2.37. The molecule has 2 aromatic rings. The lowest BCUT2D eigenvalue weighted by Crippen LogP contribution is -2.01. The van der Waals surface area contributed by atoms with Crippen molar-refractivity contribution in [1.82, 2.24) is 0 Å². The number of benzene rings is 1. The van der Waals surface area contributed by atoms with E-state index >= 15 is 0 Å². The highest BCUT2D eigenvalue weighted by molar-refractivity contribution is 9.10. The molecule has 0 radical (unpaired) electrons. The first-order valence-corrected chi connectivity index (χ1v) is 6.92. The standard InChI is InChI=1S/C11H7Br2FOS/c12-6-1-2-7(9(14)5-6)10(15)11-8(13)3-4-16-11/h1-5,10,15H. The van der Waals surface area contributed by atoms with Crippen LogP contribution in [0, 0.1) is 5.82 Å². The highest BCUT2D eigenvalue weighted by Gasteiger charge is 2.18. The van der Waals surface area contributed by atoms with E-state index in [1.807, 2.05) is 11.4 Å². The lowest BCUT2D eigenvalue weighted by atomic mass is 10.1. The molecule has 1 heterocycles. The SMILES string of the molecule is OC(c1ccc(Br)cc1F)c1sccc1Br. The Balaban J connectivity index is 2.41. The summed E-state index contributed by atoms with van der Waals surface area (Å²) in [4.78, 5) is 0.709. The fourth-order valence-corrected chi connectivity index (χ4v) is 3.29. The predicted molar refractivity (Wildman–Crippen MR) is 70.2 cm³/mol. The van der Waals surface area contributed by atoms with Gasteiger partial charge in [0.1, 0.15) is 11.9 Å². The molecule has 1 unspecified atom stereocenters. The van der Waals surface area contributed by atoms with Crippen LogP contribution in [0.2, 0.25) is 0 Å². The Morgan fingerprint density at radius 3 is 2.56 bits per heavy atom. The number of hydrogen-bond acceptors (Lipinski definition) is 2. The molecule has 2 rings (SSSR count). The van der Waals surface area contributed by atoms with E-state index in [9.17, 15) is 9.50 Å². The molecule has 0 aliphatic carbocycles. The number of halogens is 3. The molecule has 0 saturated heterocycles. The molecule has 0 spiro atoms. The summed E-state index contributed by atoms with van der Waals surface area (Å²) in [6.45, 7) is 0. The zero-order valence-electron chi connectivity index (χ0n) is 7.95. The molecule has 1 atom stereocenters. The van der Waals surface area contributed by atoms with Crippen LogP contribution in [0.4, 0.5) is 4.39 Å². The van der Waals surface area contributed by atoms with Crippen molar-refractivity contribution in [2.45, 2.75) is 6.10 Å². The van der Waals surface area contributed by atoms with Crippen LogP contribution in [0.25, 0.3) is 0 Å². The van der Waals surface area contributed by atoms with Crippen molar-refractivity contribution < 1.29 is 9.50 Å². The molecular formula is C11H7Br2FOS. The summed E-state index contributed by atoms with van der Waals surface area (Å²) in [7, 11) is 0. The van der Waals surface area contributed by atoms with E-state index in [-0.39, 0.29) is 5.56 Å². The van der Waals surface area contributed by atoms with Gasteiger partial charge in [-0.25, -0.2) is 4.39 Å². The quantitative estimate of drug-likeness (QED) is 0.831. The van der Waals surface area contributed by atoms with Gasteiger partial charge in [-0.1, -0.05) is 22.0 Å². The van der Waals surface area contributed by atoms with Gasteiger partial charge in [0.25, 0.3) is 0 Å². The summed E-state index contributed by atoms with van der Waals surface area (Å²) in [6, 6.07) is 6.47. The first kappa shape index (κ1) is 12.2. The minimum Gasteiger partial charge on any atom is -0.383 e. The number of thiophene rings is 1. The zero-order chi connectivity index (χ0) is 11.7. The van der Waals surface area contributed by atoms with E-state index in [0.29, 0.717) is 9.35 Å². The third-order valence-electron chi connectivity index (χ3n) is 2.15. The Bertz CT molecular complexity index is 512. The summed E-state index contributed by atoms with van der Waals surface area (Å²) in [5.41, 5.74) is 0.284. The van der Waals surface area contributed by atoms with Gasteiger partial charge in [0.05, 0.1) is 4.88 Å². The Morgan fingerprint density at radius 1 is 1.25 bits per heavy atom. The minimum atomic E-state index is -0.928. The van der Waals surface area contributed by atoms with Crippen molar-refractivity contribution in [2.24, 2.45) is 0 Å². The summed E-state index contributed by atoms with van der Waals surface area (Å²) < 4.78 is 15.1. The summed E-state index contributed by atoms with van der Waals surface area (Å²) in [5, 5.41) is 11.9. The van der Waals surface area contributed by atoms with E-state index in [1.165, 1.54) is 17.4 Å². The van der Waals surface area contributed by atoms with Crippen LogP contribution in [0.3, 0.4) is 0 Å². The summed E-state index contributed by atoms with van der Waals surface area (Å²) in [5.74, 6) is -0.415. The highest BCUT2D eigenvalue weighted by Crippen LogP contribution is 2.34. The van der Waals surface area contributed by atoms with Gasteiger partial charge in [-0.2, -0.15) is 0 Å². The van der Waals surface area contributed by atoms with Gasteiger partial charge >= 0.3 is 0 Å². The van der Waals surface area contributed by atoms with E-state index in [0.717, 1.165) is 4.47 Å². The van der Waals surface area contributed by atoms with Gasteiger partial charge in [0.2, 0.25) is 0 Å². The molecule has 0 saturated carbocycles. The van der Waals surface area contributed by atoms with Gasteiger partial charge in [0, 0.05) is 14.5 Å². The second-order valence-electron chi connectivity index (χ2n) is 3.20. The average molecular weight is 366 g/mol. The first-order chi connectivity index (χ1) is 7.59. The highest BCUT2D eigenvalue weighted by atomic mass is 79.9. The summed E-state index contributed by atoms with van der Waals surface area (Å²) >= 11 is 7.89. The van der Waals surface area contributed by atoms with Crippen molar-refractivity contribution in [3.8, 4) is 0 Å². The van der Waals surface area contributed by atoms with Gasteiger partial charge in [-0.3, -0.25) is 0 Å². The maximum Gasteiger partial charge on any atom is 0.130 e. The van der Waals surface area contributed by atoms with Crippen molar-refractivity contribution in [1.29, 1.82) is 0 Å². The molecule has 1 nitrogen and oxygen atoms in total. The van der Waals surface area contributed by atoms with Crippen LogP contribution < -0.4 is 0 Å². The van der Waals surface area contributed by atoms with E-state index in [1.54, 1.807) is 12.1 Å². The van der Waals surface area contributed by atoms with Gasteiger partial charge in [0.15, 0.2) is 0 Å². The molecular weight excluding hydrogens is 359 g/mol. The van der Waals surface area contributed by atoms with Crippen molar-refractivity contribution in [3.63, 3.8) is 0 Å². The molecule has 1 N–H and O–H groups in total. The number of rotatable bonds is 2. The monoisotopic (exact) mass is 364 g/mol. The topological polar surface area (TPSA) is 20.2 Å². The first-order valence-electron chi connectivity index (χ1n) is 4.45. The Morgan fingerprint density at radius 2 is 2.00 bits per heavy atom. The molecule has 16 heavy (non-hydrogen) atoms. The molecule has 0 aliphatic rings. The van der Waals surface area contributed by atoms with E-state index < -0.39 is 11.9 Å². The Labute approximate surface area is 113 Å². The van der Waals surface area contributed by atoms with E-state index in [2.05, 4.69) is 31.9 Å². The summed E-state index contributed by atoms with van der Waals surface area (Å²) in [6.07, 6.45) is -0.928. The van der Waals surface area contributed by atoms with Crippen LogP contribution >= 0.6 is 43.2 Å². The lowest BCUT2D eigenvalue weighted by molar-refractivity contribution is 0.218. The van der Waals surface area contributed by atoms with Crippen molar-refractivity contribution >= 4 is 43.2 Å². The second kappa shape index (κ2) is 4.96. The van der Waals surface area contributed by atoms with Crippen LogP contribution in [0.1, 0.15) is 16.5 Å². The number of aliphatic hydroxyl groups excluding tert-OH is 1. The third-order valence-corrected chi connectivity index (χ3v) is 4.57. The van der Waals surface area contributed by atoms with E-state index in [4.69, 9.17) is 0 Å². The van der Waals surface area contributed by atoms with Crippen LogP contribution in [0.15, 0.2) is 38.6 Å². The lowest BCUT2D eigenvalue weighted by Gasteiger charge is -2.11. The minimum absolute atomic E-state index is 0.284. The number of aliphatic hydroxyl groups is 1. The van der Waals surface area contributed by atoms with Crippen molar-refractivity contribution in [2.75, 3.05) is 0 Å². The van der Waals surface area contributed by atoms with Crippen LogP contribution in [-0.2, 0) is 0 Å². The molecule has 1 aromatic heterocycles. The molecule has 0 aliphatic heterocycles. The van der Waals surface area contributed by atoms with Gasteiger partial charge in [-0.05, 0) is 39.5 Å². The number of hydrogen-bond donors (Lipinski definition) is 1. The predicted octanol–water partition coefficient (Wildman–Crippen LogP) is 4.49. The smallest absolute Gasteiger partial charge is 0.130 e. The fourth-order valence-electron chi connectivity index (χ4n) is 1.37. The van der Waals surface area contributed by atoms with Gasteiger partial charge < -0.3 is 5.11 Å². The maximum atomic E-state index is 13.6. The molecule has 5 heteroatoms. The molecule has 84 valence electrons. The maximum absolute atomic E-state index is 13.6. The largest absolute Gasteiger partial charge is 0.383 e. The molecule has 0 fully saturated rings. The zero-order valence-corrected chi connectivity index (χ0v) is 11.9. The normalized spacial score (nSPS) is 12.8. The molecule has 1 aromatic carbocycles. The van der Waals surface area contributed by atoms with Crippen molar-refractivity contribution in [3.05, 3.63) is 54.8 Å². The molecule has 0 amide bonds. The van der Waals surface area contributed by atoms with Crippen LogP contribution in [-0.4, -0.2) is 5.11 Å². The van der Waals surface area contributed by atoms with Gasteiger partial charge in [-0.15, -0.1) is 11.3 Å². The molecule has 0 bridgehead atoms. The average Bonchev–Trinajstić information content (AvgIpc) is 2.63. The second-order valence-corrected chi connectivity index (χ2v) is 5.92. The van der Waals surface area contributed by atoms with Crippen LogP contribution in [0.5, 0.6) is 0 Å².